The van der Waals surface area contributed by atoms with Crippen LogP contribution in [0.15, 0.2) is 16.7 Å². The summed E-state index contributed by atoms with van der Waals surface area (Å²) in [6.07, 6.45) is -3.29. The van der Waals surface area contributed by atoms with Crippen LogP contribution in [-0.4, -0.2) is 35.1 Å². The van der Waals surface area contributed by atoms with Gasteiger partial charge in [-0.2, -0.15) is 13.2 Å². The Morgan fingerprint density at radius 3 is 2.33 bits per heavy atom. The summed E-state index contributed by atoms with van der Waals surface area (Å²) < 4.78 is 38.3. The molecule has 118 valence electrons. The Hall–Kier alpha value is -0.820. The van der Waals surface area contributed by atoms with E-state index in [1.54, 1.807) is 20.8 Å². The molecule has 0 fully saturated rings. The van der Waals surface area contributed by atoms with Crippen molar-refractivity contribution in [3.8, 4) is 0 Å². The van der Waals surface area contributed by atoms with Crippen molar-refractivity contribution in [3.05, 3.63) is 27.5 Å². The van der Waals surface area contributed by atoms with E-state index < -0.39 is 24.0 Å². The first-order valence-corrected chi connectivity index (χ1v) is 7.23. The normalized spacial score (nSPS) is 12.4. The van der Waals surface area contributed by atoms with Crippen molar-refractivity contribution in [1.82, 2.24) is 9.88 Å². The fraction of sp³-hybridized carbons (Fsp3) is 0.538. The lowest BCUT2D eigenvalue weighted by molar-refractivity contribution is -0.142. The van der Waals surface area contributed by atoms with Crippen molar-refractivity contribution in [3.63, 3.8) is 0 Å². The third-order valence-electron chi connectivity index (χ3n) is 2.37. The Morgan fingerprint density at radius 1 is 1.33 bits per heavy atom. The Kier molecular flexibility index (Phi) is 5.66. The maximum absolute atomic E-state index is 12.7. The van der Waals surface area contributed by atoms with Crippen LogP contribution in [0.4, 0.5) is 13.2 Å². The molecule has 1 aromatic rings. The van der Waals surface area contributed by atoms with E-state index in [4.69, 9.17) is 11.6 Å². The fourth-order valence-electron chi connectivity index (χ4n) is 1.71. The third kappa shape index (κ3) is 6.22. The van der Waals surface area contributed by atoms with Gasteiger partial charge in [0.1, 0.15) is 11.7 Å². The van der Waals surface area contributed by atoms with Gasteiger partial charge in [0.15, 0.2) is 0 Å². The molecule has 0 saturated heterocycles. The first kappa shape index (κ1) is 18.2. The molecule has 0 aliphatic rings. The second kappa shape index (κ2) is 6.52. The summed E-state index contributed by atoms with van der Waals surface area (Å²) in [5, 5.41) is 0.143. The number of nitrogens with zero attached hydrogens (tertiary/aromatic N) is 2. The molecule has 0 radical (unpaired) electrons. The summed E-state index contributed by atoms with van der Waals surface area (Å²) in [5.41, 5.74) is -0.405. The first-order chi connectivity index (χ1) is 9.39. The lowest BCUT2D eigenvalue weighted by atomic mass is 9.95. The number of carbonyl (C=O) groups is 1. The highest BCUT2D eigenvalue weighted by atomic mass is 79.9. The monoisotopic (exact) mass is 386 g/mol. The number of aromatic nitrogens is 1. The van der Waals surface area contributed by atoms with Crippen molar-refractivity contribution >= 4 is 33.4 Å². The average Bonchev–Trinajstić information content (AvgIpc) is 2.27. The number of carbonyl (C=O) groups excluding carboxylic acids is 1. The van der Waals surface area contributed by atoms with Crippen LogP contribution >= 0.6 is 27.5 Å². The highest BCUT2D eigenvalue weighted by molar-refractivity contribution is 9.10. The molecule has 0 aliphatic carbocycles. The molecule has 3 nitrogen and oxygen atoms in total. The molecule has 0 saturated carbocycles. The molecule has 0 aromatic carbocycles. The molecule has 1 amide bonds. The van der Waals surface area contributed by atoms with E-state index in [2.05, 4.69) is 20.9 Å². The van der Waals surface area contributed by atoms with Gasteiger partial charge in [-0.25, -0.2) is 4.98 Å². The van der Waals surface area contributed by atoms with Crippen LogP contribution in [-0.2, 0) is 0 Å². The van der Waals surface area contributed by atoms with Crippen LogP contribution in [0.25, 0.3) is 0 Å². The van der Waals surface area contributed by atoms with Crippen LogP contribution < -0.4 is 0 Å². The molecule has 0 atom stereocenters. The molecule has 21 heavy (non-hydrogen) atoms. The van der Waals surface area contributed by atoms with Gasteiger partial charge < -0.3 is 4.90 Å². The number of amides is 1. The Morgan fingerprint density at radius 2 is 1.90 bits per heavy atom. The zero-order valence-corrected chi connectivity index (χ0v) is 14.1. The van der Waals surface area contributed by atoms with Crippen molar-refractivity contribution in [1.29, 1.82) is 0 Å². The third-order valence-corrected chi connectivity index (χ3v) is 3.50. The number of alkyl halides is 3. The number of rotatable bonds is 3. The molecule has 1 heterocycles. The minimum atomic E-state index is -4.46. The van der Waals surface area contributed by atoms with Crippen molar-refractivity contribution < 1.29 is 18.0 Å². The van der Waals surface area contributed by atoms with Crippen molar-refractivity contribution in [2.45, 2.75) is 26.9 Å². The summed E-state index contributed by atoms with van der Waals surface area (Å²) >= 11 is 8.81. The van der Waals surface area contributed by atoms with Gasteiger partial charge in [-0.05, 0) is 27.4 Å². The first-order valence-electron chi connectivity index (χ1n) is 6.06. The molecule has 1 rings (SSSR count). The van der Waals surface area contributed by atoms with E-state index in [-0.39, 0.29) is 17.3 Å². The predicted octanol–water partition coefficient (Wildman–Crippen LogP) is 4.55. The maximum atomic E-state index is 12.7. The van der Waals surface area contributed by atoms with Gasteiger partial charge in [0.2, 0.25) is 0 Å². The quantitative estimate of drug-likeness (QED) is 0.713. The summed E-state index contributed by atoms with van der Waals surface area (Å²) in [5.74, 6) is -0.730. The van der Waals surface area contributed by atoms with E-state index in [1.165, 1.54) is 12.3 Å². The van der Waals surface area contributed by atoms with Crippen LogP contribution in [0.3, 0.4) is 0 Å². The Bertz CT molecular complexity index is 513. The highest BCUT2D eigenvalue weighted by Gasteiger charge is 2.35. The molecule has 8 heteroatoms. The van der Waals surface area contributed by atoms with E-state index in [0.29, 0.717) is 4.47 Å². The number of hydrogen-bond acceptors (Lipinski definition) is 2. The van der Waals surface area contributed by atoms with Gasteiger partial charge in [0, 0.05) is 12.7 Å². The van der Waals surface area contributed by atoms with Crippen molar-refractivity contribution in [2.75, 3.05) is 13.1 Å². The number of hydrogen-bond donors (Lipinski definition) is 0. The molecule has 0 unspecified atom stereocenters. The Balaban J connectivity index is 3.06. The second-order valence-electron chi connectivity index (χ2n) is 5.83. The molecular formula is C13H15BrClF3N2O. The topological polar surface area (TPSA) is 33.2 Å². The second-order valence-corrected chi connectivity index (χ2v) is 7.05. The van der Waals surface area contributed by atoms with Gasteiger partial charge in [0.25, 0.3) is 5.91 Å². The fourth-order valence-corrected chi connectivity index (χ4v) is 2.16. The minimum absolute atomic E-state index is 0.0222. The number of halogens is 5. The lowest BCUT2D eigenvalue weighted by Gasteiger charge is -2.30. The van der Waals surface area contributed by atoms with Crippen LogP contribution in [0.2, 0.25) is 5.15 Å². The standard InChI is InChI=1S/C13H15BrClF3N2O/c1-12(2,3)6-20(7-13(16,17)18)11(21)8-4-9(14)10(15)19-5-8/h4-5H,6-7H2,1-3H3. The largest absolute Gasteiger partial charge is 0.406 e. The van der Waals surface area contributed by atoms with Crippen LogP contribution in [0.1, 0.15) is 31.1 Å². The highest BCUT2D eigenvalue weighted by Crippen LogP contribution is 2.25. The minimum Gasteiger partial charge on any atom is -0.329 e. The van der Waals surface area contributed by atoms with Crippen molar-refractivity contribution in [2.24, 2.45) is 5.41 Å². The Labute approximate surface area is 134 Å². The van der Waals surface area contributed by atoms with E-state index in [1.807, 2.05) is 0 Å². The lowest BCUT2D eigenvalue weighted by Crippen LogP contribution is -2.43. The molecule has 1 aromatic heterocycles. The summed E-state index contributed by atoms with van der Waals surface area (Å²) in [7, 11) is 0. The van der Waals surface area contributed by atoms with Crippen LogP contribution in [0, 0.1) is 5.41 Å². The maximum Gasteiger partial charge on any atom is 0.406 e. The van der Waals surface area contributed by atoms with Gasteiger partial charge in [-0.3, -0.25) is 4.79 Å². The van der Waals surface area contributed by atoms with E-state index >= 15 is 0 Å². The van der Waals surface area contributed by atoms with Gasteiger partial charge >= 0.3 is 6.18 Å². The smallest absolute Gasteiger partial charge is 0.329 e. The molecule has 0 bridgehead atoms. The summed E-state index contributed by atoms with van der Waals surface area (Å²) in [6.45, 7) is 3.97. The molecule has 0 aliphatic heterocycles. The van der Waals surface area contributed by atoms with Crippen LogP contribution in [0.5, 0.6) is 0 Å². The number of pyridine rings is 1. The van der Waals surface area contributed by atoms with Gasteiger partial charge in [-0.15, -0.1) is 0 Å². The van der Waals surface area contributed by atoms with E-state index in [0.717, 1.165) is 4.90 Å². The van der Waals surface area contributed by atoms with E-state index in [9.17, 15) is 18.0 Å². The average molecular weight is 388 g/mol. The summed E-state index contributed by atoms with van der Waals surface area (Å²) in [4.78, 5) is 16.8. The molecule has 0 N–H and O–H groups in total. The van der Waals surface area contributed by atoms with Gasteiger partial charge in [0.05, 0.1) is 10.0 Å². The summed E-state index contributed by atoms with van der Waals surface area (Å²) in [6, 6.07) is 1.36. The molecular weight excluding hydrogens is 373 g/mol. The SMILES string of the molecule is CC(C)(C)CN(CC(F)(F)F)C(=O)c1cnc(Cl)c(Br)c1. The predicted molar refractivity (Wildman–Crippen MR) is 78.4 cm³/mol. The zero-order valence-electron chi connectivity index (χ0n) is 11.8. The molecule has 0 spiro atoms. The van der Waals surface area contributed by atoms with Gasteiger partial charge in [-0.1, -0.05) is 32.4 Å². The zero-order chi connectivity index (χ0) is 16.4.